The molecule has 0 unspecified atom stereocenters. The number of carbonyl (C=O) groups is 2. The van der Waals surface area contributed by atoms with E-state index in [-0.39, 0.29) is 11.7 Å². The average Bonchev–Trinajstić information content (AvgIpc) is 3.30. The van der Waals surface area contributed by atoms with Crippen LogP contribution < -0.4 is 0 Å². The van der Waals surface area contributed by atoms with Gasteiger partial charge >= 0.3 is 0 Å². The van der Waals surface area contributed by atoms with Crippen LogP contribution in [-0.4, -0.2) is 21.7 Å². The summed E-state index contributed by atoms with van der Waals surface area (Å²) in [5.41, 5.74) is 3.38. The maximum atomic E-state index is 12.8. The maximum Gasteiger partial charge on any atom is 0.184 e. The minimum atomic E-state index is 0.0277. The van der Waals surface area contributed by atoms with Gasteiger partial charge in [-0.05, 0) is 55.4 Å². The number of aromatic nitrogens is 2. The number of rotatable bonds is 7. The first-order valence-corrected chi connectivity index (χ1v) is 10.2. The number of benzene rings is 1. The molecule has 0 N–H and O–H groups in total. The highest BCUT2D eigenvalue weighted by atomic mass is 16.5. The highest BCUT2D eigenvalue weighted by molar-refractivity contribution is 5.94. The lowest BCUT2D eigenvalue weighted by Gasteiger charge is -2.27. The molecule has 2 heterocycles. The molecule has 4 rings (SSSR count). The molecule has 1 saturated carbocycles. The van der Waals surface area contributed by atoms with Crippen LogP contribution in [-0.2, 0) is 11.2 Å². The van der Waals surface area contributed by atoms with E-state index in [0.717, 1.165) is 42.5 Å². The monoisotopic (exact) mass is 388 g/mol. The van der Waals surface area contributed by atoms with E-state index in [9.17, 15) is 9.59 Å². The average molecular weight is 388 g/mol. The van der Waals surface area contributed by atoms with Gasteiger partial charge in [-0.15, -0.1) is 0 Å². The molecule has 1 aliphatic carbocycles. The number of hydrogen-bond acceptors (Lipinski definition) is 5. The van der Waals surface area contributed by atoms with E-state index in [1.54, 1.807) is 12.3 Å². The summed E-state index contributed by atoms with van der Waals surface area (Å²) in [5, 5.41) is 3.72. The molecule has 1 fully saturated rings. The van der Waals surface area contributed by atoms with Gasteiger partial charge in [0.05, 0.1) is 5.69 Å². The van der Waals surface area contributed by atoms with Crippen LogP contribution in [0.5, 0.6) is 0 Å². The molecule has 29 heavy (non-hydrogen) atoms. The van der Waals surface area contributed by atoms with Gasteiger partial charge in [0.2, 0.25) is 0 Å². The Labute approximate surface area is 170 Å². The Morgan fingerprint density at radius 2 is 1.86 bits per heavy atom. The molecule has 5 nitrogen and oxygen atoms in total. The van der Waals surface area contributed by atoms with Crippen molar-refractivity contribution >= 4 is 11.6 Å². The van der Waals surface area contributed by atoms with E-state index in [2.05, 4.69) is 16.2 Å². The topological polar surface area (TPSA) is 73.1 Å². The Bertz CT molecular complexity index is 959. The zero-order valence-corrected chi connectivity index (χ0v) is 16.3. The van der Waals surface area contributed by atoms with Crippen molar-refractivity contribution < 1.29 is 14.1 Å². The van der Waals surface area contributed by atoms with E-state index in [1.807, 2.05) is 36.4 Å². The summed E-state index contributed by atoms with van der Waals surface area (Å²) in [7, 11) is 0. The Kier molecular flexibility index (Phi) is 5.94. The van der Waals surface area contributed by atoms with Crippen molar-refractivity contribution in [2.75, 3.05) is 0 Å². The van der Waals surface area contributed by atoms with E-state index in [1.165, 1.54) is 6.26 Å². The van der Waals surface area contributed by atoms with Gasteiger partial charge in [0.15, 0.2) is 5.78 Å². The van der Waals surface area contributed by atoms with Gasteiger partial charge in [-0.25, -0.2) is 0 Å². The molecule has 2 aromatic heterocycles. The van der Waals surface area contributed by atoms with E-state index in [4.69, 9.17) is 4.52 Å². The number of nitrogens with zero attached hydrogens (tertiary/aromatic N) is 2. The molecule has 5 heteroatoms. The van der Waals surface area contributed by atoms with E-state index < -0.39 is 0 Å². The second-order valence-electron chi connectivity index (χ2n) is 7.79. The lowest BCUT2D eigenvalue weighted by atomic mass is 9.77. The van der Waals surface area contributed by atoms with Crippen molar-refractivity contribution in [3.05, 3.63) is 72.2 Å². The third kappa shape index (κ3) is 4.86. The molecular weight excluding hydrogens is 364 g/mol. The standard InChI is InChI=1S/C24H24N2O3/c27-23(16-18-4-3-5-20(14-18)21-6-1-2-12-25-21)19-9-7-17(8-10-19)15-24(28)22-11-13-29-26-22/h1-6,11-14,17,19H,7-10,15-16H2. The molecule has 0 radical (unpaired) electrons. The van der Waals surface area contributed by atoms with Crippen molar-refractivity contribution in [3.63, 3.8) is 0 Å². The van der Waals surface area contributed by atoms with Gasteiger partial charge in [-0.1, -0.05) is 29.4 Å². The predicted molar refractivity (Wildman–Crippen MR) is 109 cm³/mol. The first-order chi connectivity index (χ1) is 14.2. The third-order valence-electron chi connectivity index (χ3n) is 5.77. The van der Waals surface area contributed by atoms with Crippen LogP contribution in [0.3, 0.4) is 0 Å². The zero-order valence-electron chi connectivity index (χ0n) is 16.3. The first kappa shape index (κ1) is 19.2. The number of Topliss-reactive ketones (excluding diaryl/α,β-unsaturated/α-hetero) is 2. The van der Waals surface area contributed by atoms with Gasteiger partial charge in [-0.3, -0.25) is 14.6 Å². The normalized spacial score (nSPS) is 19.0. The van der Waals surface area contributed by atoms with Crippen LogP contribution in [0.25, 0.3) is 11.3 Å². The summed E-state index contributed by atoms with van der Waals surface area (Å²) in [6.45, 7) is 0. The fraction of sp³-hybridized carbons (Fsp3) is 0.333. The second kappa shape index (κ2) is 8.95. The predicted octanol–water partition coefficient (Wildman–Crippen LogP) is 4.93. The maximum absolute atomic E-state index is 12.8. The van der Waals surface area contributed by atoms with Crippen molar-refractivity contribution in [1.29, 1.82) is 0 Å². The van der Waals surface area contributed by atoms with Crippen LogP contribution in [0, 0.1) is 11.8 Å². The second-order valence-corrected chi connectivity index (χ2v) is 7.79. The van der Waals surface area contributed by atoms with Gasteiger partial charge in [0.25, 0.3) is 0 Å². The molecule has 1 aliphatic rings. The summed E-state index contributed by atoms with van der Waals surface area (Å²) in [6.07, 6.45) is 7.67. The first-order valence-electron chi connectivity index (χ1n) is 10.2. The largest absolute Gasteiger partial charge is 0.364 e. The molecule has 0 amide bonds. The molecule has 0 atom stereocenters. The van der Waals surface area contributed by atoms with Crippen LogP contribution in [0.1, 0.15) is 48.2 Å². The zero-order chi connectivity index (χ0) is 20.1. The third-order valence-corrected chi connectivity index (χ3v) is 5.77. The molecule has 0 saturated heterocycles. The number of hydrogen-bond donors (Lipinski definition) is 0. The van der Waals surface area contributed by atoms with Gasteiger partial charge < -0.3 is 4.52 Å². The summed E-state index contributed by atoms with van der Waals surface area (Å²) in [4.78, 5) is 29.4. The number of carbonyl (C=O) groups excluding carboxylic acids is 2. The summed E-state index contributed by atoms with van der Waals surface area (Å²) in [5.74, 6) is 0.743. The molecule has 148 valence electrons. The van der Waals surface area contributed by atoms with Crippen molar-refractivity contribution in [3.8, 4) is 11.3 Å². The fourth-order valence-corrected chi connectivity index (χ4v) is 4.13. The highest BCUT2D eigenvalue weighted by Crippen LogP contribution is 2.33. The van der Waals surface area contributed by atoms with Gasteiger partial charge in [0.1, 0.15) is 17.7 Å². The van der Waals surface area contributed by atoms with Crippen LogP contribution in [0.2, 0.25) is 0 Å². The molecule has 0 aliphatic heterocycles. The number of pyridine rings is 1. The lowest BCUT2D eigenvalue weighted by molar-refractivity contribution is -0.123. The smallest absolute Gasteiger partial charge is 0.184 e. The number of ketones is 2. The van der Waals surface area contributed by atoms with Crippen molar-refractivity contribution in [2.45, 2.75) is 38.5 Å². The molecule has 3 aromatic rings. The Hall–Kier alpha value is -3.08. The van der Waals surface area contributed by atoms with Crippen LogP contribution in [0.4, 0.5) is 0 Å². The summed E-state index contributed by atoms with van der Waals surface area (Å²) < 4.78 is 4.75. The molecular formula is C24H24N2O3. The van der Waals surface area contributed by atoms with Gasteiger partial charge in [0, 0.05) is 36.6 Å². The van der Waals surface area contributed by atoms with Crippen molar-refractivity contribution in [1.82, 2.24) is 10.1 Å². The summed E-state index contributed by atoms with van der Waals surface area (Å²) in [6, 6.07) is 15.5. The lowest BCUT2D eigenvalue weighted by Crippen LogP contribution is -2.24. The van der Waals surface area contributed by atoms with Crippen LogP contribution in [0.15, 0.2) is 65.5 Å². The Balaban J connectivity index is 1.31. The quantitative estimate of drug-likeness (QED) is 0.537. The fourth-order valence-electron chi connectivity index (χ4n) is 4.13. The Morgan fingerprint density at radius 3 is 2.59 bits per heavy atom. The van der Waals surface area contributed by atoms with Crippen LogP contribution >= 0.6 is 0 Å². The molecule has 0 spiro atoms. The molecule has 1 aromatic carbocycles. The van der Waals surface area contributed by atoms with Gasteiger partial charge in [-0.2, -0.15) is 0 Å². The van der Waals surface area contributed by atoms with E-state index >= 15 is 0 Å². The summed E-state index contributed by atoms with van der Waals surface area (Å²) >= 11 is 0. The minimum Gasteiger partial charge on any atom is -0.364 e. The minimum absolute atomic E-state index is 0.0277. The highest BCUT2D eigenvalue weighted by Gasteiger charge is 2.28. The molecule has 0 bridgehead atoms. The van der Waals surface area contributed by atoms with Crippen molar-refractivity contribution in [2.24, 2.45) is 11.8 Å². The Morgan fingerprint density at radius 1 is 1.00 bits per heavy atom. The van der Waals surface area contributed by atoms with E-state index in [0.29, 0.717) is 30.2 Å². The SMILES string of the molecule is O=C(CC1CCC(C(=O)Cc2cccc(-c3ccccn3)c2)CC1)c1ccon1.